The maximum atomic E-state index is 4.38. The summed E-state index contributed by atoms with van der Waals surface area (Å²) in [5.41, 5.74) is 2.19. The van der Waals surface area contributed by atoms with Crippen molar-refractivity contribution in [3.05, 3.63) is 42.2 Å². The molecule has 2 aromatic rings. The fourth-order valence-corrected chi connectivity index (χ4v) is 1.90. The Labute approximate surface area is 107 Å². The molecule has 0 fully saturated rings. The molecule has 0 saturated heterocycles. The summed E-state index contributed by atoms with van der Waals surface area (Å²) in [6, 6.07) is 0.197. The van der Waals surface area contributed by atoms with E-state index in [-0.39, 0.29) is 6.04 Å². The van der Waals surface area contributed by atoms with E-state index in [2.05, 4.69) is 27.3 Å². The molecule has 1 atom stereocenters. The minimum absolute atomic E-state index is 0.197. The predicted molar refractivity (Wildman–Crippen MR) is 70.0 cm³/mol. The highest BCUT2D eigenvalue weighted by atomic mass is 15.2. The second kappa shape index (κ2) is 6.26. The van der Waals surface area contributed by atoms with Crippen LogP contribution in [-0.2, 0) is 13.5 Å². The monoisotopic (exact) mass is 245 g/mol. The molecule has 18 heavy (non-hydrogen) atoms. The van der Waals surface area contributed by atoms with Crippen molar-refractivity contribution in [2.45, 2.75) is 25.8 Å². The van der Waals surface area contributed by atoms with E-state index in [4.69, 9.17) is 0 Å². The van der Waals surface area contributed by atoms with Gasteiger partial charge in [0.2, 0.25) is 0 Å². The summed E-state index contributed by atoms with van der Waals surface area (Å²) < 4.78 is 1.82. The molecule has 0 radical (unpaired) electrons. The molecule has 0 aliphatic heterocycles. The van der Waals surface area contributed by atoms with Gasteiger partial charge in [-0.3, -0.25) is 14.6 Å². The largest absolute Gasteiger partial charge is 0.308 e. The van der Waals surface area contributed by atoms with E-state index in [0.29, 0.717) is 0 Å². The van der Waals surface area contributed by atoms with Crippen LogP contribution in [0.5, 0.6) is 0 Å². The van der Waals surface area contributed by atoms with Crippen molar-refractivity contribution in [3.8, 4) is 0 Å². The Morgan fingerprint density at radius 3 is 2.83 bits per heavy atom. The second-order valence-electron chi connectivity index (χ2n) is 4.36. The van der Waals surface area contributed by atoms with E-state index >= 15 is 0 Å². The highest BCUT2D eigenvalue weighted by Gasteiger charge is 2.13. The lowest BCUT2D eigenvalue weighted by Crippen LogP contribution is -2.25. The zero-order valence-electron chi connectivity index (χ0n) is 10.9. The topological polar surface area (TPSA) is 55.6 Å². The van der Waals surface area contributed by atoms with Crippen molar-refractivity contribution in [1.82, 2.24) is 25.1 Å². The van der Waals surface area contributed by atoms with Gasteiger partial charge in [0.1, 0.15) is 0 Å². The van der Waals surface area contributed by atoms with E-state index in [0.717, 1.165) is 25.1 Å². The number of rotatable bonds is 6. The predicted octanol–water partition coefficient (Wildman–Crippen LogP) is 1.49. The lowest BCUT2D eigenvalue weighted by Gasteiger charge is -2.16. The van der Waals surface area contributed by atoms with Crippen LogP contribution in [0.15, 0.2) is 31.0 Å². The van der Waals surface area contributed by atoms with Gasteiger partial charge in [-0.15, -0.1) is 0 Å². The molecule has 0 spiro atoms. The zero-order valence-corrected chi connectivity index (χ0v) is 10.9. The molecular formula is C13H19N5. The van der Waals surface area contributed by atoms with Gasteiger partial charge in [-0.05, 0) is 24.9 Å². The summed E-state index contributed by atoms with van der Waals surface area (Å²) in [4.78, 5) is 8.52. The fourth-order valence-electron chi connectivity index (χ4n) is 1.90. The first-order chi connectivity index (χ1) is 8.79. The second-order valence-corrected chi connectivity index (χ2v) is 4.36. The van der Waals surface area contributed by atoms with Gasteiger partial charge in [-0.2, -0.15) is 5.10 Å². The average molecular weight is 245 g/mol. The lowest BCUT2D eigenvalue weighted by atomic mass is 10.1. The SMILES string of the molecule is CCCNC(Cc1cnn(C)c1)c1cnccn1. The molecule has 0 aliphatic carbocycles. The Kier molecular flexibility index (Phi) is 4.41. The van der Waals surface area contributed by atoms with E-state index in [1.54, 1.807) is 12.4 Å². The summed E-state index contributed by atoms with van der Waals surface area (Å²) in [7, 11) is 1.93. The van der Waals surface area contributed by atoms with E-state index in [9.17, 15) is 0 Å². The van der Waals surface area contributed by atoms with Crippen LogP contribution in [0.1, 0.15) is 30.6 Å². The van der Waals surface area contributed by atoms with Crippen molar-refractivity contribution >= 4 is 0 Å². The first-order valence-corrected chi connectivity index (χ1v) is 6.26. The maximum absolute atomic E-state index is 4.38. The molecule has 1 unspecified atom stereocenters. The molecule has 0 aromatic carbocycles. The molecule has 1 N–H and O–H groups in total. The molecule has 2 rings (SSSR count). The molecule has 2 heterocycles. The van der Waals surface area contributed by atoms with Crippen molar-refractivity contribution in [1.29, 1.82) is 0 Å². The highest BCUT2D eigenvalue weighted by molar-refractivity contribution is 5.12. The summed E-state index contributed by atoms with van der Waals surface area (Å²) in [5.74, 6) is 0. The third-order valence-electron chi connectivity index (χ3n) is 2.78. The summed E-state index contributed by atoms with van der Waals surface area (Å²) in [5, 5.41) is 7.70. The van der Waals surface area contributed by atoms with Gasteiger partial charge in [0.25, 0.3) is 0 Å². The van der Waals surface area contributed by atoms with Gasteiger partial charge >= 0.3 is 0 Å². The van der Waals surface area contributed by atoms with Crippen molar-refractivity contribution in [2.75, 3.05) is 6.54 Å². The Balaban J connectivity index is 2.10. The zero-order chi connectivity index (χ0) is 12.8. The normalized spacial score (nSPS) is 12.6. The quantitative estimate of drug-likeness (QED) is 0.838. The first-order valence-electron chi connectivity index (χ1n) is 6.26. The molecule has 0 saturated carbocycles. The van der Waals surface area contributed by atoms with Crippen LogP contribution in [0.2, 0.25) is 0 Å². The first kappa shape index (κ1) is 12.7. The number of aryl methyl sites for hydroxylation is 1. The average Bonchev–Trinajstić information content (AvgIpc) is 2.81. The Morgan fingerprint density at radius 2 is 2.22 bits per heavy atom. The smallest absolute Gasteiger partial charge is 0.0759 e. The molecule has 2 aromatic heterocycles. The molecule has 0 bridgehead atoms. The number of hydrogen-bond acceptors (Lipinski definition) is 4. The minimum Gasteiger partial charge on any atom is -0.308 e. The van der Waals surface area contributed by atoms with Crippen LogP contribution in [-0.4, -0.2) is 26.3 Å². The Bertz CT molecular complexity index is 465. The fraction of sp³-hybridized carbons (Fsp3) is 0.462. The van der Waals surface area contributed by atoms with Crippen LogP contribution >= 0.6 is 0 Å². The van der Waals surface area contributed by atoms with Gasteiger partial charge in [0.15, 0.2) is 0 Å². The van der Waals surface area contributed by atoms with Crippen LogP contribution in [0.25, 0.3) is 0 Å². The minimum atomic E-state index is 0.197. The number of nitrogens with one attached hydrogen (secondary N) is 1. The molecule has 96 valence electrons. The van der Waals surface area contributed by atoms with Crippen LogP contribution in [0, 0.1) is 0 Å². The van der Waals surface area contributed by atoms with Gasteiger partial charge in [-0.25, -0.2) is 0 Å². The lowest BCUT2D eigenvalue weighted by molar-refractivity contribution is 0.516. The summed E-state index contributed by atoms with van der Waals surface area (Å²) in [6.45, 7) is 3.13. The van der Waals surface area contributed by atoms with Crippen LogP contribution in [0.4, 0.5) is 0 Å². The highest BCUT2D eigenvalue weighted by Crippen LogP contribution is 2.15. The standard InChI is InChI=1S/C13H19N5/c1-3-4-15-12(13-9-14-5-6-16-13)7-11-8-17-18(2)10-11/h5-6,8-10,12,15H,3-4,7H2,1-2H3. The van der Waals surface area contributed by atoms with Crippen molar-refractivity contribution in [2.24, 2.45) is 7.05 Å². The third kappa shape index (κ3) is 3.37. The summed E-state index contributed by atoms with van der Waals surface area (Å²) >= 11 is 0. The molecule has 5 nitrogen and oxygen atoms in total. The van der Waals surface area contributed by atoms with E-state index in [1.807, 2.05) is 30.3 Å². The van der Waals surface area contributed by atoms with Gasteiger partial charge in [0, 0.05) is 31.8 Å². The van der Waals surface area contributed by atoms with Gasteiger partial charge in [-0.1, -0.05) is 6.92 Å². The Morgan fingerprint density at radius 1 is 1.33 bits per heavy atom. The van der Waals surface area contributed by atoms with Crippen molar-refractivity contribution < 1.29 is 0 Å². The molecule has 0 amide bonds. The van der Waals surface area contributed by atoms with Gasteiger partial charge < -0.3 is 5.32 Å². The molecule has 5 heteroatoms. The summed E-state index contributed by atoms with van der Waals surface area (Å²) in [6.07, 6.45) is 11.2. The van der Waals surface area contributed by atoms with Gasteiger partial charge in [0.05, 0.1) is 17.9 Å². The third-order valence-corrected chi connectivity index (χ3v) is 2.78. The van der Waals surface area contributed by atoms with Crippen LogP contribution in [0.3, 0.4) is 0 Å². The maximum Gasteiger partial charge on any atom is 0.0759 e. The number of aromatic nitrogens is 4. The number of nitrogens with zero attached hydrogens (tertiary/aromatic N) is 4. The van der Waals surface area contributed by atoms with Crippen LogP contribution < -0.4 is 5.32 Å². The van der Waals surface area contributed by atoms with E-state index in [1.165, 1.54) is 5.56 Å². The van der Waals surface area contributed by atoms with Crippen molar-refractivity contribution in [3.63, 3.8) is 0 Å². The molecule has 0 aliphatic rings. The number of hydrogen-bond donors (Lipinski definition) is 1. The molecular weight excluding hydrogens is 226 g/mol. The van der Waals surface area contributed by atoms with E-state index < -0.39 is 0 Å². The Hall–Kier alpha value is -1.75.